The number of hydrogen-bond donors (Lipinski definition) is 2. The molecule has 0 atom stereocenters. The number of H-pyrrole nitrogens is 1. The van der Waals surface area contributed by atoms with Gasteiger partial charge in [0.25, 0.3) is 0 Å². The molecule has 1 amide bonds. The Kier molecular flexibility index (Phi) is 4.65. The fourth-order valence-corrected chi connectivity index (χ4v) is 3.32. The fourth-order valence-electron chi connectivity index (χ4n) is 3.32. The maximum absolute atomic E-state index is 13.3. The number of carbonyl (C=O) groups is 1. The first kappa shape index (κ1) is 17.9. The van der Waals surface area contributed by atoms with Crippen molar-refractivity contribution in [2.75, 3.05) is 5.32 Å². The number of hydrogen-bond acceptors (Lipinski definition) is 3. The lowest BCUT2D eigenvalue weighted by Gasteiger charge is -2.11. The van der Waals surface area contributed by atoms with Gasteiger partial charge in [0.15, 0.2) is 0 Å². The molecule has 4 rings (SSSR count). The predicted octanol–water partition coefficient (Wildman–Crippen LogP) is 4.21. The van der Waals surface area contributed by atoms with Gasteiger partial charge in [-0.1, -0.05) is 0 Å². The van der Waals surface area contributed by atoms with Crippen LogP contribution in [0.25, 0.3) is 22.3 Å². The van der Waals surface area contributed by atoms with Crippen molar-refractivity contribution < 1.29 is 9.18 Å². The Labute approximate surface area is 161 Å². The van der Waals surface area contributed by atoms with Crippen LogP contribution >= 0.6 is 0 Å². The van der Waals surface area contributed by atoms with E-state index in [0.29, 0.717) is 6.54 Å². The van der Waals surface area contributed by atoms with Crippen molar-refractivity contribution in [3.63, 3.8) is 0 Å². The highest BCUT2D eigenvalue weighted by Crippen LogP contribution is 2.28. The Bertz CT molecular complexity index is 1120. The number of anilines is 1. The number of amides is 1. The summed E-state index contributed by atoms with van der Waals surface area (Å²) in [6.45, 7) is 4.16. The number of nitrogens with one attached hydrogen (secondary N) is 2. The third kappa shape index (κ3) is 3.38. The Hall–Kier alpha value is -3.48. The van der Waals surface area contributed by atoms with E-state index in [9.17, 15) is 9.18 Å². The minimum atomic E-state index is -0.283. The minimum Gasteiger partial charge on any atom is -0.325 e. The first-order valence-electron chi connectivity index (χ1n) is 9.04. The second-order valence-electron chi connectivity index (χ2n) is 6.71. The lowest BCUT2D eigenvalue weighted by Crippen LogP contribution is -2.16. The van der Waals surface area contributed by atoms with E-state index in [-0.39, 0.29) is 18.1 Å². The number of pyridine rings is 1. The highest BCUT2D eigenvalue weighted by atomic mass is 19.1. The summed E-state index contributed by atoms with van der Waals surface area (Å²) in [4.78, 5) is 17.0. The number of aromatic amines is 1. The summed E-state index contributed by atoms with van der Waals surface area (Å²) in [5.41, 5.74) is 4.87. The standard InChI is InChI=1S/C21H20FN5O/c1-13-20(14(2)26-25-13)24-19(28)9-11-27-18(15-5-7-17(22)8-6-15)12-16-4-3-10-23-21(16)27/h3-8,10,12H,9,11H2,1-2H3,(H,24,28)(H,25,26). The average molecular weight is 377 g/mol. The number of fused-ring (bicyclic) bond motifs is 1. The van der Waals surface area contributed by atoms with Crippen LogP contribution in [-0.2, 0) is 11.3 Å². The summed E-state index contributed by atoms with van der Waals surface area (Å²) in [5, 5.41) is 10.9. The molecule has 3 heterocycles. The lowest BCUT2D eigenvalue weighted by molar-refractivity contribution is -0.116. The maximum atomic E-state index is 13.3. The van der Waals surface area contributed by atoms with E-state index >= 15 is 0 Å². The third-order valence-corrected chi connectivity index (χ3v) is 4.75. The molecule has 0 spiro atoms. The minimum absolute atomic E-state index is 0.101. The molecule has 0 saturated heterocycles. The van der Waals surface area contributed by atoms with Crippen molar-refractivity contribution >= 4 is 22.6 Å². The second-order valence-corrected chi connectivity index (χ2v) is 6.71. The van der Waals surface area contributed by atoms with Crippen molar-refractivity contribution in [1.29, 1.82) is 0 Å². The molecule has 3 aromatic heterocycles. The van der Waals surface area contributed by atoms with Crippen LogP contribution in [0, 0.1) is 19.7 Å². The quantitative estimate of drug-likeness (QED) is 0.547. The van der Waals surface area contributed by atoms with Crippen LogP contribution in [0.4, 0.5) is 10.1 Å². The molecule has 1 aromatic carbocycles. The summed E-state index contributed by atoms with van der Waals surface area (Å²) >= 11 is 0. The van der Waals surface area contributed by atoms with Crippen molar-refractivity contribution in [2.24, 2.45) is 0 Å². The second kappa shape index (κ2) is 7.26. The SMILES string of the molecule is Cc1n[nH]c(C)c1NC(=O)CCn1c(-c2ccc(F)cc2)cc2cccnc21. The lowest BCUT2D eigenvalue weighted by atomic mass is 10.1. The van der Waals surface area contributed by atoms with Gasteiger partial charge in [0, 0.05) is 24.5 Å². The van der Waals surface area contributed by atoms with Crippen LogP contribution in [0.1, 0.15) is 17.8 Å². The van der Waals surface area contributed by atoms with E-state index in [1.807, 2.05) is 36.6 Å². The Balaban J connectivity index is 1.61. The first-order chi connectivity index (χ1) is 13.5. The zero-order chi connectivity index (χ0) is 19.7. The normalized spacial score (nSPS) is 11.1. The van der Waals surface area contributed by atoms with E-state index in [0.717, 1.165) is 39.4 Å². The van der Waals surface area contributed by atoms with Gasteiger partial charge in [0.05, 0.1) is 22.8 Å². The van der Waals surface area contributed by atoms with Gasteiger partial charge >= 0.3 is 0 Å². The highest BCUT2D eigenvalue weighted by Gasteiger charge is 2.15. The monoisotopic (exact) mass is 377 g/mol. The van der Waals surface area contributed by atoms with Crippen LogP contribution in [0.5, 0.6) is 0 Å². The summed E-state index contributed by atoms with van der Waals surface area (Å²) in [7, 11) is 0. The van der Waals surface area contributed by atoms with E-state index in [1.54, 1.807) is 18.3 Å². The van der Waals surface area contributed by atoms with Gasteiger partial charge in [0.2, 0.25) is 5.91 Å². The van der Waals surface area contributed by atoms with Crippen LogP contribution < -0.4 is 5.32 Å². The molecular formula is C21H20FN5O. The van der Waals surface area contributed by atoms with Crippen molar-refractivity contribution in [1.82, 2.24) is 19.7 Å². The molecule has 0 radical (unpaired) electrons. The van der Waals surface area contributed by atoms with Crippen molar-refractivity contribution in [3.8, 4) is 11.3 Å². The van der Waals surface area contributed by atoms with E-state index < -0.39 is 0 Å². The van der Waals surface area contributed by atoms with Gasteiger partial charge in [-0.05, 0) is 61.9 Å². The largest absolute Gasteiger partial charge is 0.325 e. The Morgan fingerprint density at radius 1 is 1.21 bits per heavy atom. The number of aryl methyl sites for hydroxylation is 3. The Morgan fingerprint density at radius 3 is 2.71 bits per heavy atom. The zero-order valence-electron chi connectivity index (χ0n) is 15.7. The number of rotatable bonds is 5. The van der Waals surface area contributed by atoms with Crippen molar-refractivity contribution in [2.45, 2.75) is 26.8 Å². The molecule has 0 aliphatic rings. The van der Waals surface area contributed by atoms with E-state index in [1.165, 1.54) is 12.1 Å². The number of nitrogens with zero attached hydrogens (tertiary/aromatic N) is 3. The van der Waals surface area contributed by atoms with E-state index in [4.69, 9.17) is 0 Å². The third-order valence-electron chi connectivity index (χ3n) is 4.75. The van der Waals surface area contributed by atoms with Gasteiger partial charge in [-0.15, -0.1) is 0 Å². The van der Waals surface area contributed by atoms with Gasteiger partial charge in [-0.3, -0.25) is 9.89 Å². The summed E-state index contributed by atoms with van der Waals surface area (Å²) in [6, 6.07) is 12.2. The molecule has 6 nitrogen and oxygen atoms in total. The average Bonchev–Trinajstić information content (AvgIpc) is 3.22. The summed E-state index contributed by atoms with van der Waals surface area (Å²) < 4.78 is 15.3. The fraction of sp³-hybridized carbons (Fsp3) is 0.190. The smallest absolute Gasteiger partial charge is 0.226 e. The molecule has 0 bridgehead atoms. The van der Waals surface area contributed by atoms with E-state index in [2.05, 4.69) is 20.5 Å². The molecule has 0 saturated carbocycles. The number of halogens is 1. The molecule has 0 aliphatic carbocycles. The Morgan fingerprint density at radius 2 is 2.00 bits per heavy atom. The van der Waals surface area contributed by atoms with Crippen molar-refractivity contribution in [3.05, 3.63) is 65.9 Å². The molecule has 0 aliphatic heterocycles. The molecular weight excluding hydrogens is 357 g/mol. The number of aromatic nitrogens is 4. The van der Waals surface area contributed by atoms with Crippen LogP contribution in [-0.4, -0.2) is 25.7 Å². The van der Waals surface area contributed by atoms with Gasteiger partial charge < -0.3 is 9.88 Å². The molecule has 2 N–H and O–H groups in total. The molecule has 28 heavy (non-hydrogen) atoms. The van der Waals surface area contributed by atoms with Crippen LogP contribution in [0.15, 0.2) is 48.7 Å². The molecule has 7 heteroatoms. The number of benzene rings is 1. The topological polar surface area (TPSA) is 75.6 Å². The first-order valence-corrected chi connectivity index (χ1v) is 9.04. The van der Waals surface area contributed by atoms with Crippen LogP contribution in [0.2, 0.25) is 0 Å². The predicted molar refractivity (Wildman–Crippen MR) is 106 cm³/mol. The molecule has 4 aromatic rings. The highest BCUT2D eigenvalue weighted by molar-refractivity contribution is 5.92. The molecule has 0 unspecified atom stereocenters. The van der Waals surface area contributed by atoms with Crippen LogP contribution in [0.3, 0.4) is 0 Å². The van der Waals surface area contributed by atoms with Gasteiger partial charge in [0.1, 0.15) is 11.5 Å². The number of carbonyl (C=O) groups excluding carboxylic acids is 1. The zero-order valence-corrected chi connectivity index (χ0v) is 15.7. The maximum Gasteiger partial charge on any atom is 0.226 e. The molecule has 0 fully saturated rings. The van der Waals surface area contributed by atoms with Gasteiger partial charge in [-0.2, -0.15) is 5.10 Å². The van der Waals surface area contributed by atoms with Gasteiger partial charge in [-0.25, -0.2) is 9.37 Å². The molecule has 142 valence electrons. The summed E-state index contributed by atoms with van der Waals surface area (Å²) in [5.74, 6) is -0.384. The summed E-state index contributed by atoms with van der Waals surface area (Å²) in [6.07, 6.45) is 2.00.